The molecule has 0 amide bonds. The van der Waals surface area contributed by atoms with Gasteiger partial charge >= 0.3 is 19.3 Å². The fraction of sp³-hybridized carbons (Fsp3) is 0.333. The number of hydrogen-bond acceptors (Lipinski definition) is 1. The van der Waals surface area contributed by atoms with Crippen LogP contribution in [0.2, 0.25) is 0 Å². The monoisotopic (exact) mass is 231 g/mol. The van der Waals surface area contributed by atoms with E-state index in [1.54, 1.807) is 0 Å². The summed E-state index contributed by atoms with van der Waals surface area (Å²) >= 11 is -0.674. The smallest absolute Gasteiger partial charge is 0.316 e. The lowest BCUT2D eigenvalue weighted by atomic mass is 10.1. The van der Waals surface area contributed by atoms with Crippen LogP contribution in [0.15, 0.2) is 30.3 Å². The molecule has 0 saturated heterocycles. The molecule has 0 radical (unpaired) electrons. The molecule has 15 heavy (non-hydrogen) atoms. The summed E-state index contributed by atoms with van der Waals surface area (Å²) in [5, 5.41) is 3.40. The third-order valence-corrected chi connectivity index (χ3v) is 2.76. The van der Waals surface area contributed by atoms with Gasteiger partial charge in [0.25, 0.3) is 0 Å². The molecule has 1 aromatic carbocycles. The molecule has 0 aliphatic heterocycles. The third-order valence-electron chi connectivity index (χ3n) is 2.04. The van der Waals surface area contributed by atoms with Crippen LogP contribution in [-0.4, -0.2) is 24.8 Å². The molecule has 0 aliphatic carbocycles. The van der Waals surface area contributed by atoms with Crippen molar-refractivity contribution in [2.45, 2.75) is 25.9 Å². The molecule has 0 fully saturated rings. The largest absolute Gasteiger partial charge is 0.599 e. The van der Waals surface area contributed by atoms with Gasteiger partial charge in [0.05, 0.1) is 5.54 Å². The Labute approximate surface area is 105 Å². The Hall–Kier alpha value is -0.204. The lowest BCUT2D eigenvalue weighted by molar-refractivity contribution is 0.491. The molecule has 1 rings (SSSR count). The molecule has 0 bridgehead atoms. The van der Waals surface area contributed by atoms with Gasteiger partial charge in [0.15, 0.2) is 0 Å². The van der Waals surface area contributed by atoms with E-state index >= 15 is 0 Å². The quantitative estimate of drug-likeness (QED) is 0.623. The zero-order valence-corrected chi connectivity index (χ0v) is 11.3. The van der Waals surface area contributed by atoms with Crippen LogP contribution < -0.4 is 5.32 Å². The van der Waals surface area contributed by atoms with Crippen molar-refractivity contribution in [2.24, 2.45) is 0 Å². The standard InChI is InChI=1S/C12H14N.ClH.Mg/c1-4-12(2,3)13-10-11-8-6-5-7-9-11;;/h5-9,13H,10H2,2-3H3;1H;/q;;+1/p-1. The molecule has 1 N–H and O–H groups in total. The third kappa shape index (κ3) is 5.43. The Bertz CT molecular complexity index is 351. The highest BCUT2D eigenvalue weighted by Gasteiger charge is 2.11. The van der Waals surface area contributed by atoms with E-state index in [-0.39, 0.29) is 5.54 Å². The summed E-state index contributed by atoms with van der Waals surface area (Å²) in [5.74, 6) is 3.15. The van der Waals surface area contributed by atoms with Gasteiger partial charge in [-0.2, -0.15) is 0 Å². The normalized spacial score (nSPS) is 10.1. The number of nitrogens with one attached hydrogen (secondary N) is 1. The highest BCUT2D eigenvalue weighted by Crippen LogP contribution is 2.04. The Kier molecular flexibility index (Phi) is 5.48. The first kappa shape index (κ1) is 12.9. The lowest BCUT2D eigenvalue weighted by Crippen LogP contribution is -2.37. The second-order valence-electron chi connectivity index (χ2n) is 3.90. The Morgan fingerprint density at radius 2 is 2.00 bits per heavy atom. The van der Waals surface area contributed by atoms with E-state index in [0.29, 0.717) is 0 Å². The van der Waals surface area contributed by atoms with Crippen LogP contribution in [0.4, 0.5) is 0 Å². The Morgan fingerprint density at radius 1 is 1.33 bits per heavy atom. The molecule has 0 saturated carbocycles. The zero-order valence-electron chi connectivity index (χ0n) is 9.18. The van der Waals surface area contributed by atoms with Crippen molar-refractivity contribution in [1.82, 2.24) is 5.32 Å². The van der Waals surface area contributed by atoms with Crippen LogP contribution in [0.5, 0.6) is 0 Å². The van der Waals surface area contributed by atoms with Gasteiger partial charge in [0.2, 0.25) is 0 Å². The molecule has 1 nitrogen and oxygen atoms in total. The number of benzene rings is 1. The molecule has 76 valence electrons. The van der Waals surface area contributed by atoms with Gasteiger partial charge in [-0.25, -0.2) is 4.05 Å². The first-order valence-electron chi connectivity index (χ1n) is 4.99. The van der Waals surface area contributed by atoms with E-state index in [1.807, 2.05) is 18.2 Å². The second kappa shape index (κ2) is 6.39. The van der Waals surface area contributed by atoms with Crippen LogP contribution in [-0.2, 0) is 6.54 Å². The van der Waals surface area contributed by atoms with E-state index < -0.39 is 19.3 Å². The maximum absolute atomic E-state index is 5.66. The summed E-state index contributed by atoms with van der Waals surface area (Å²) in [5.41, 5.74) is 1.12. The Balaban J connectivity index is 2.50. The molecule has 0 spiro atoms. The number of halogens is 1. The number of hydrogen-bond donors (Lipinski definition) is 1. The maximum Gasteiger partial charge on any atom is 0.599 e. The summed E-state index contributed by atoms with van der Waals surface area (Å²) in [6.45, 7) is 4.99. The fourth-order valence-corrected chi connectivity index (χ4v) is 1.93. The highest BCUT2D eigenvalue weighted by molar-refractivity contribution is 6.98. The van der Waals surface area contributed by atoms with Crippen LogP contribution in [0.3, 0.4) is 0 Å². The van der Waals surface area contributed by atoms with E-state index in [1.165, 1.54) is 5.56 Å². The minimum Gasteiger partial charge on any atom is -0.316 e. The minimum atomic E-state index is -0.674. The van der Waals surface area contributed by atoms with Gasteiger partial charge in [-0.15, -0.1) is 5.92 Å². The summed E-state index contributed by atoms with van der Waals surface area (Å²) in [6, 6.07) is 10.3. The molecule has 0 unspecified atom stereocenters. The van der Waals surface area contributed by atoms with Crippen molar-refractivity contribution in [2.75, 3.05) is 0 Å². The first-order chi connectivity index (χ1) is 7.14. The van der Waals surface area contributed by atoms with Gasteiger partial charge in [0.1, 0.15) is 0 Å². The predicted molar refractivity (Wildman–Crippen MR) is 66.7 cm³/mol. The van der Waals surface area contributed by atoms with Crippen molar-refractivity contribution >= 4 is 28.3 Å². The minimum absolute atomic E-state index is 0.155. The van der Waals surface area contributed by atoms with Crippen molar-refractivity contribution in [3.05, 3.63) is 35.9 Å². The molecular formula is C12H14ClMgN. The molecule has 1 aromatic rings. The molecule has 0 aliphatic rings. The van der Waals surface area contributed by atoms with Crippen molar-refractivity contribution in [3.8, 4) is 9.97 Å². The van der Waals surface area contributed by atoms with Crippen molar-refractivity contribution < 1.29 is 0 Å². The van der Waals surface area contributed by atoms with Gasteiger partial charge in [-0.3, -0.25) is 5.32 Å². The average Bonchev–Trinajstić information content (AvgIpc) is 2.25. The van der Waals surface area contributed by atoms with E-state index in [0.717, 1.165) is 6.54 Å². The maximum atomic E-state index is 5.66. The van der Waals surface area contributed by atoms with Crippen LogP contribution >= 0.6 is 9.07 Å². The first-order valence-corrected chi connectivity index (χ1v) is 7.83. The predicted octanol–water partition coefficient (Wildman–Crippen LogP) is 2.37. The summed E-state index contributed by atoms with van der Waals surface area (Å²) in [6.07, 6.45) is 0. The van der Waals surface area contributed by atoms with Gasteiger partial charge in [-0.05, 0) is 19.4 Å². The van der Waals surface area contributed by atoms with Crippen LogP contribution in [0.25, 0.3) is 0 Å². The van der Waals surface area contributed by atoms with Gasteiger partial charge in [0, 0.05) is 6.54 Å². The van der Waals surface area contributed by atoms with Crippen molar-refractivity contribution in [1.29, 1.82) is 0 Å². The van der Waals surface area contributed by atoms with Gasteiger partial charge in [-0.1, -0.05) is 30.3 Å². The van der Waals surface area contributed by atoms with Gasteiger partial charge < -0.3 is 9.07 Å². The molecule has 0 heterocycles. The summed E-state index contributed by atoms with van der Waals surface area (Å²) in [4.78, 5) is 0. The van der Waals surface area contributed by atoms with E-state index in [9.17, 15) is 0 Å². The Morgan fingerprint density at radius 3 is 2.60 bits per heavy atom. The van der Waals surface area contributed by atoms with E-state index in [4.69, 9.17) is 9.07 Å². The molecule has 3 heteroatoms. The number of rotatable bonds is 3. The van der Waals surface area contributed by atoms with E-state index in [2.05, 4.69) is 41.3 Å². The molecule has 0 atom stereocenters. The average molecular weight is 232 g/mol. The van der Waals surface area contributed by atoms with Crippen LogP contribution in [0, 0.1) is 9.97 Å². The topological polar surface area (TPSA) is 12.0 Å². The lowest BCUT2D eigenvalue weighted by Gasteiger charge is -2.20. The molecular weight excluding hydrogens is 218 g/mol. The second-order valence-corrected chi connectivity index (χ2v) is 5.32. The zero-order chi connectivity index (χ0) is 11.1. The highest BCUT2D eigenvalue weighted by atomic mass is 35.5. The molecule has 0 aromatic heterocycles. The fourth-order valence-electron chi connectivity index (χ4n) is 1.22. The SMILES string of the molecule is CC(C)(C#[C][Mg][Cl])NCc1ccccc1. The summed E-state index contributed by atoms with van der Waals surface area (Å²) < 4.78 is 3.02. The summed E-state index contributed by atoms with van der Waals surface area (Å²) in [7, 11) is 5.66. The van der Waals surface area contributed by atoms with Crippen LogP contribution in [0.1, 0.15) is 19.4 Å². The van der Waals surface area contributed by atoms with Crippen molar-refractivity contribution in [3.63, 3.8) is 0 Å².